The molecule has 4 heterocycles. The van der Waals surface area contributed by atoms with Crippen LogP contribution >= 0.6 is 0 Å². The smallest absolute Gasteiger partial charge is 0.160 e. The number of nitrogens with one attached hydrogen (secondary N) is 1. The number of hydrogen-bond donors (Lipinski definition) is 1. The highest BCUT2D eigenvalue weighted by atomic mass is 16.3. The molecule has 1 aliphatic heterocycles. The minimum absolute atomic E-state index is 0.358. The van der Waals surface area contributed by atoms with Crippen LogP contribution in [0.4, 0.5) is 0 Å². The number of aromatic nitrogens is 2. The lowest BCUT2D eigenvalue weighted by Crippen LogP contribution is -2.33. The third-order valence-corrected chi connectivity index (χ3v) is 12.6. The van der Waals surface area contributed by atoms with E-state index in [0.717, 1.165) is 83.5 Å². The largest absolute Gasteiger partial charge is 0.452 e. The van der Waals surface area contributed by atoms with Gasteiger partial charge >= 0.3 is 0 Å². The average molecular weight is 808 g/mol. The van der Waals surface area contributed by atoms with Crippen LogP contribution in [0.15, 0.2) is 227 Å². The molecule has 1 unspecified atom stereocenters. The summed E-state index contributed by atoms with van der Waals surface area (Å²) >= 11 is 0. The van der Waals surface area contributed by atoms with E-state index in [9.17, 15) is 0 Å². The Balaban J connectivity index is 1.14. The Morgan fingerprint density at radius 3 is 1.62 bits per heavy atom. The molecule has 1 N–H and O–H groups in total. The fourth-order valence-corrected chi connectivity index (χ4v) is 9.75. The number of aliphatic imine (C=N–C) groups is 2. The molecule has 6 nitrogen and oxygen atoms in total. The lowest BCUT2D eigenvalue weighted by Gasteiger charge is -2.24. The highest BCUT2D eigenvalue weighted by molar-refractivity contribution is 6.24. The van der Waals surface area contributed by atoms with Crippen LogP contribution in [0.3, 0.4) is 0 Å². The molecule has 0 saturated heterocycles. The first-order valence-corrected chi connectivity index (χ1v) is 21.4. The van der Waals surface area contributed by atoms with Crippen molar-refractivity contribution < 1.29 is 4.42 Å². The first kappa shape index (κ1) is 35.3. The van der Waals surface area contributed by atoms with Crippen molar-refractivity contribution in [3.05, 3.63) is 229 Å². The van der Waals surface area contributed by atoms with Gasteiger partial charge in [0, 0.05) is 43.4 Å². The number of benzene rings is 9. The van der Waals surface area contributed by atoms with Gasteiger partial charge in [-0.15, -0.1) is 0 Å². The molecular formula is C57H37N5O. The van der Waals surface area contributed by atoms with Crippen molar-refractivity contribution >= 4 is 77.2 Å². The molecule has 12 aromatic rings. The van der Waals surface area contributed by atoms with Crippen LogP contribution in [0.25, 0.3) is 88.1 Å². The van der Waals surface area contributed by atoms with Crippen molar-refractivity contribution in [2.45, 2.75) is 6.17 Å². The summed E-state index contributed by atoms with van der Waals surface area (Å²) in [6.45, 7) is 0. The van der Waals surface area contributed by atoms with Gasteiger partial charge in [0.05, 0.1) is 33.4 Å². The van der Waals surface area contributed by atoms with Crippen LogP contribution in [0.5, 0.6) is 0 Å². The molecule has 9 aromatic carbocycles. The number of rotatable bonds is 6. The van der Waals surface area contributed by atoms with Gasteiger partial charge in [0.2, 0.25) is 0 Å². The van der Waals surface area contributed by atoms with E-state index >= 15 is 0 Å². The third-order valence-electron chi connectivity index (χ3n) is 12.6. The Morgan fingerprint density at radius 2 is 0.952 bits per heavy atom. The highest BCUT2D eigenvalue weighted by Crippen LogP contribution is 2.44. The normalized spacial score (nSPS) is 14.2. The maximum atomic E-state index is 7.47. The van der Waals surface area contributed by atoms with E-state index in [0.29, 0.717) is 5.84 Å². The van der Waals surface area contributed by atoms with Gasteiger partial charge in [-0.2, -0.15) is 0 Å². The number of fused-ring (bicyclic) bond motifs is 9. The van der Waals surface area contributed by atoms with Gasteiger partial charge in [-0.1, -0.05) is 170 Å². The van der Waals surface area contributed by atoms with Crippen LogP contribution in [0.2, 0.25) is 0 Å². The summed E-state index contributed by atoms with van der Waals surface area (Å²) in [4.78, 5) is 10.7. The summed E-state index contributed by atoms with van der Waals surface area (Å²) in [5.41, 5.74) is 13.2. The molecule has 6 heteroatoms. The van der Waals surface area contributed by atoms with Crippen molar-refractivity contribution in [1.82, 2.24) is 14.5 Å². The molecule has 296 valence electrons. The number of furan rings is 1. The van der Waals surface area contributed by atoms with E-state index < -0.39 is 0 Å². The van der Waals surface area contributed by atoms with Gasteiger partial charge in [0.1, 0.15) is 12.0 Å². The van der Waals surface area contributed by atoms with Crippen LogP contribution < -0.4 is 5.32 Å². The summed E-state index contributed by atoms with van der Waals surface area (Å²) < 4.78 is 12.2. The number of para-hydroxylation sites is 4. The highest BCUT2D eigenvalue weighted by Gasteiger charge is 2.27. The predicted molar refractivity (Wildman–Crippen MR) is 260 cm³/mol. The molecule has 0 fully saturated rings. The third kappa shape index (κ3) is 5.51. The molecule has 63 heavy (non-hydrogen) atoms. The van der Waals surface area contributed by atoms with E-state index in [2.05, 4.69) is 203 Å². The molecular weight excluding hydrogens is 771 g/mol. The predicted octanol–water partition coefficient (Wildman–Crippen LogP) is 13.9. The van der Waals surface area contributed by atoms with Crippen LogP contribution in [-0.4, -0.2) is 20.8 Å². The lowest BCUT2D eigenvalue weighted by atomic mass is 10.0. The van der Waals surface area contributed by atoms with Crippen molar-refractivity contribution in [3.8, 4) is 22.5 Å². The van der Waals surface area contributed by atoms with Crippen molar-refractivity contribution in [2.75, 3.05) is 0 Å². The monoisotopic (exact) mass is 807 g/mol. The summed E-state index contributed by atoms with van der Waals surface area (Å²) in [6, 6.07) is 74.9. The second kappa shape index (κ2) is 14.0. The van der Waals surface area contributed by atoms with Gasteiger partial charge < -0.3 is 18.9 Å². The number of hydrogen-bond acceptors (Lipinski definition) is 4. The second-order valence-corrected chi connectivity index (χ2v) is 16.1. The van der Waals surface area contributed by atoms with Crippen LogP contribution in [0.1, 0.15) is 22.9 Å². The Labute approximate surface area is 362 Å². The van der Waals surface area contributed by atoms with Gasteiger partial charge in [-0.25, -0.2) is 9.98 Å². The van der Waals surface area contributed by atoms with E-state index in [1.54, 1.807) is 0 Å². The zero-order valence-electron chi connectivity index (χ0n) is 34.0. The molecule has 0 amide bonds. The summed E-state index contributed by atoms with van der Waals surface area (Å²) in [6.07, 6.45) is -0.358. The summed E-state index contributed by atoms with van der Waals surface area (Å²) in [7, 11) is 0. The maximum Gasteiger partial charge on any atom is 0.160 e. The Hall–Kier alpha value is -8.48. The summed E-state index contributed by atoms with van der Waals surface area (Å²) in [5.74, 6) is 1.40. The average Bonchev–Trinajstić information content (AvgIpc) is 4.03. The van der Waals surface area contributed by atoms with E-state index in [4.69, 9.17) is 14.4 Å². The van der Waals surface area contributed by atoms with E-state index in [-0.39, 0.29) is 6.17 Å². The first-order chi connectivity index (χ1) is 31.3. The fraction of sp³-hybridized carbons (Fsp3) is 0.0175. The Bertz CT molecular complexity index is 3770. The zero-order chi connectivity index (χ0) is 41.4. The Morgan fingerprint density at radius 1 is 0.413 bits per heavy atom. The molecule has 0 radical (unpaired) electrons. The standard InChI is InChI=1S/C57H37N5O/c1-4-17-36(18-5-1)39-31-32-43-42-25-12-15-29-48(42)62(51(43)35-39)50-34-33-45(57-59-55(37-19-6-2-7-20-37)58-56(60-57)38-21-8-3-9-22-38)52-44-26-16-30-49(53(44)63-54(50)52)61-46-27-13-10-23-40(46)41-24-11-14-28-47(41)61/h1-35,55H,(H,58,59,60). The molecule has 13 rings (SSSR count). The quantitative estimate of drug-likeness (QED) is 0.182. The lowest BCUT2D eigenvalue weighted by molar-refractivity contribution is 0.663. The van der Waals surface area contributed by atoms with Gasteiger partial charge in [-0.3, -0.25) is 0 Å². The van der Waals surface area contributed by atoms with Gasteiger partial charge in [0.15, 0.2) is 17.0 Å². The SMILES string of the molecule is c1ccc(C2=NC(c3ccc(-n4c5ccccc5c5ccc(-c6ccccc6)cc54)c4oc5c(-n6c7ccccc7c7ccccc76)cccc5c34)=NC(c3ccccc3)N2)cc1. The minimum atomic E-state index is -0.358. The molecule has 0 saturated carbocycles. The molecule has 3 aromatic heterocycles. The molecule has 1 atom stereocenters. The van der Waals surface area contributed by atoms with Gasteiger partial charge in [-0.05, 0) is 59.2 Å². The topological polar surface area (TPSA) is 59.8 Å². The number of nitrogens with zero attached hydrogens (tertiary/aromatic N) is 4. The van der Waals surface area contributed by atoms with E-state index in [1.165, 1.54) is 27.1 Å². The van der Waals surface area contributed by atoms with Crippen molar-refractivity contribution in [2.24, 2.45) is 9.98 Å². The van der Waals surface area contributed by atoms with Crippen LogP contribution in [0, 0.1) is 0 Å². The minimum Gasteiger partial charge on any atom is -0.452 e. The number of amidine groups is 2. The first-order valence-electron chi connectivity index (χ1n) is 21.4. The summed E-state index contributed by atoms with van der Waals surface area (Å²) in [5, 5.41) is 10.3. The fourth-order valence-electron chi connectivity index (χ4n) is 9.75. The maximum absolute atomic E-state index is 7.47. The van der Waals surface area contributed by atoms with E-state index in [1.807, 2.05) is 24.3 Å². The molecule has 1 aliphatic rings. The van der Waals surface area contributed by atoms with Gasteiger partial charge in [0.25, 0.3) is 0 Å². The van der Waals surface area contributed by atoms with Crippen molar-refractivity contribution in [1.29, 1.82) is 0 Å². The molecule has 0 aliphatic carbocycles. The van der Waals surface area contributed by atoms with Crippen LogP contribution in [-0.2, 0) is 0 Å². The second-order valence-electron chi connectivity index (χ2n) is 16.1. The molecule has 0 spiro atoms. The van der Waals surface area contributed by atoms with Crippen molar-refractivity contribution in [3.63, 3.8) is 0 Å². The zero-order valence-corrected chi connectivity index (χ0v) is 34.0. The molecule has 0 bridgehead atoms. The Kier molecular flexibility index (Phi) is 7.87.